The summed E-state index contributed by atoms with van der Waals surface area (Å²) < 4.78 is 0. The SMILES string of the molecule is CN1CCN(CCC(=O)Nc2ccc3c(c2)N(C(=O)c2ccccc2)CCS3)CC1. The van der Waals surface area contributed by atoms with Gasteiger partial charge in [0.1, 0.15) is 0 Å². The minimum Gasteiger partial charge on any atom is -0.326 e. The van der Waals surface area contributed by atoms with E-state index in [1.54, 1.807) is 11.8 Å². The van der Waals surface area contributed by atoms with Gasteiger partial charge in [0.2, 0.25) is 5.91 Å². The lowest BCUT2D eigenvalue weighted by Crippen LogP contribution is -2.45. The number of carbonyl (C=O) groups is 2. The van der Waals surface area contributed by atoms with Gasteiger partial charge in [-0.3, -0.25) is 9.59 Å². The van der Waals surface area contributed by atoms with Gasteiger partial charge < -0.3 is 20.0 Å². The van der Waals surface area contributed by atoms with Crippen molar-refractivity contribution < 1.29 is 9.59 Å². The Kier molecular flexibility index (Phi) is 6.72. The van der Waals surface area contributed by atoms with E-state index in [-0.39, 0.29) is 11.8 Å². The molecule has 0 bridgehead atoms. The molecular weight excluding hydrogens is 396 g/mol. The van der Waals surface area contributed by atoms with Crippen LogP contribution in [0.3, 0.4) is 0 Å². The normalized spacial score (nSPS) is 17.4. The highest BCUT2D eigenvalue weighted by Crippen LogP contribution is 2.37. The fourth-order valence-corrected chi connectivity index (χ4v) is 4.77. The van der Waals surface area contributed by atoms with Crippen LogP contribution in [0.1, 0.15) is 16.8 Å². The van der Waals surface area contributed by atoms with E-state index in [1.165, 1.54) is 0 Å². The first kappa shape index (κ1) is 20.9. The number of benzene rings is 2. The third-order valence-corrected chi connectivity index (χ3v) is 6.67. The molecule has 4 rings (SSSR count). The highest BCUT2D eigenvalue weighted by molar-refractivity contribution is 7.99. The molecule has 0 aliphatic carbocycles. The first-order valence-electron chi connectivity index (χ1n) is 10.4. The second-order valence-corrected chi connectivity index (χ2v) is 8.93. The molecule has 0 atom stereocenters. The standard InChI is InChI=1S/C23H28N4O2S/c1-25-11-13-26(14-12-25)10-9-22(28)24-19-7-8-21-20(17-19)27(15-16-30-21)23(29)18-5-3-2-4-6-18/h2-8,17H,9-16H2,1H3,(H,24,28). The van der Waals surface area contributed by atoms with E-state index in [2.05, 4.69) is 22.2 Å². The fraction of sp³-hybridized carbons (Fsp3) is 0.391. The number of thioether (sulfide) groups is 1. The van der Waals surface area contributed by atoms with Gasteiger partial charge in [-0.15, -0.1) is 11.8 Å². The van der Waals surface area contributed by atoms with Crippen LogP contribution in [0.2, 0.25) is 0 Å². The molecule has 7 heteroatoms. The Balaban J connectivity index is 1.41. The van der Waals surface area contributed by atoms with Crippen molar-refractivity contribution in [3.63, 3.8) is 0 Å². The van der Waals surface area contributed by atoms with Gasteiger partial charge in [-0.25, -0.2) is 0 Å². The van der Waals surface area contributed by atoms with E-state index in [1.807, 2.05) is 53.4 Å². The maximum Gasteiger partial charge on any atom is 0.258 e. The summed E-state index contributed by atoms with van der Waals surface area (Å²) in [5.41, 5.74) is 2.29. The van der Waals surface area contributed by atoms with Crippen LogP contribution in [0.25, 0.3) is 0 Å². The largest absolute Gasteiger partial charge is 0.326 e. The number of nitrogens with one attached hydrogen (secondary N) is 1. The molecule has 2 heterocycles. The van der Waals surface area contributed by atoms with Crippen molar-refractivity contribution >= 4 is 35.0 Å². The molecule has 0 unspecified atom stereocenters. The fourth-order valence-electron chi connectivity index (χ4n) is 3.80. The van der Waals surface area contributed by atoms with Gasteiger partial charge in [-0.05, 0) is 37.4 Å². The van der Waals surface area contributed by atoms with Crippen LogP contribution in [0.5, 0.6) is 0 Å². The summed E-state index contributed by atoms with van der Waals surface area (Å²) in [5, 5.41) is 3.02. The number of hydrogen-bond donors (Lipinski definition) is 1. The van der Waals surface area contributed by atoms with Crippen molar-refractivity contribution in [2.45, 2.75) is 11.3 Å². The van der Waals surface area contributed by atoms with Crippen molar-refractivity contribution in [3.8, 4) is 0 Å². The van der Waals surface area contributed by atoms with Crippen LogP contribution < -0.4 is 10.2 Å². The quantitative estimate of drug-likeness (QED) is 0.800. The molecule has 0 aromatic heterocycles. The van der Waals surface area contributed by atoms with Crippen molar-refractivity contribution in [2.75, 3.05) is 62.3 Å². The van der Waals surface area contributed by atoms with Gasteiger partial charge >= 0.3 is 0 Å². The highest BCUT2D eigenvalue weighted by atomic mass is 32.2. The molecule has 1 N–H and O–H groups in total. The predicted molar refractivity (Wildman–Crippen MR) is 122 cm³/mol. The van der Waals surface area contributed by atoms with Crippen molar-refractivity contribution in [3.05, 3.63) is 54.1 Å². The van der Waals surface area contributed by atoms with Gasteiger partial charge in [0.05, 0.1) is 5.69 Å². The lowest BCUT2D eigenvalue weighted by atomic mass is 10.1. The summed E-state index contributed by atoms with van der Waals surface area (Å²) in [4.78, 5) is 33.0. The molecule has 0 saturated carbocycles. The molecule has 2 aliphatic heterocycles. The first-order valence-corrected chi connectivity index (χ1v) is 11.4. The molecule has 1 saturated heterocycles. The predicted octanol–water partition coefficient (Wildman–Crippen LogP) is 3.02. The Morgan fingerprint density at radius 2 is 1.77 bits per heavy atom. The van der Waals surface area contributed by atoms with E-state index in [0.717, 1.165) is 54.7 Å². The van der Waals surface area contributed by atoms with Crippen LogP contribution in [-0.4, -0.2) is 73.7 Å². The Bertz CT molecular complexity index is 897. The molecule has 2 aromatic carbocycles. The van der Waals surface area contributed by atoms with E-state index in [4.69, 9.17) is 0 Å². The number of amides is 2. The van der Waals surface area contributed by atoms with Gasteiger partial charge in [0, 0.05) is 67.6 Å². The number of piperazine rings is 1. The van der Waals surface area contributed by atoms with Crippen LogP contribution in [0.4, 0.5) is 11.4 Å². The van der Waals surface area contributed by atoms with Gasteiger partial charge in [-0.1, -0.05) is 18.2 Å². The topological polar surface area (TPSA) is 55.9 Å². The highest BCUT2D eigenvalue weighted by Gasteiger charge is 2.24. The van der Waals surface area contributed by atoms with Crippen molar-refractivity contribution in [1.82, 2.24) is 9.80 Å². The lowest BCUT2D eigenvalue weighted by molar-refractivity contribution is -0.116. The molecule has 30 heavy (non-hydrogen) atoms. The maximum absolute atomic E-state index is 13.0. The van der Waals surface area contributed by atoms with E-state index in [0.29, 0.717) is 18.5 Å². The number of carbonyl (C=O) groups excluding carboxylic acids is 2. The third-order valence-electron chi connectivity index (χ3n) is 5.62. The van der Waals surface area contributed by atoms with Crippen LogP contribution >= 0.6 is 11.8 Å². The second kappa shape index (κ2) is 9.64. The Hall–Kier alpha value is -2.35. The van der Waals surface area contributed by atoms with E-state index < -0.39 is 0 Å². The maximum atomic E-state index is 13.0. The van der Waals surface area contributed by atoms with Crippen molar-refractivity contribution in [1.29, 1.82) is 0 Å². The summed E-state index contributed by atoms with van der Waals surface area (Å²) in [6, 6.07) is 15.2. The number of rotatable bonds is 5. The minimum absolute atomic E-state index is 0.00399. The zero-order valence-corrected chi connectivity index (χ0v) is 18.2. The molecule has 0 spiro atoms. The van der Waals surface area contributed by atoms with Crippen molar-refractivity contribution in [2.24, 2.45) is 0 Å². The van der Waals surface area contributed by atoms with E-state index in [9.17, 15) is 9.59 Å². The molecule has 2 aromatic rings. The second-order valence-electron chi connectivity index (χ2n) is 7.80. The number of anilines is 2. The summed E-state index contributed by atoms with van der Waals surface area (Å²) in [7, 11) is 2.13. The van der Waals surface area contributed by atoms with Crippen LogP contribution in [0.15, 0.2) is 53.4 Å². The molecule has 2 aliphatic rings. The molecule has 0 radical (unpaired) electrons. The monoisotopic (exact) mass is 424 g/mol. The number of likely N-dealkylation sites (N-methyl/N-ethyl adjacent to an activating group) is 1. The summed E-state index contributed by atoms with van der Waals surface area (Å²) in [5.74, 6) is 0.872. The molecular formula is C23H28N4O2S. The summed E-state index contributed by atoms with van der Waals surface area (Å²) in [6.07, 6.45) is 0.474. The lowest BCUT2D eigenvalue weighted by Gasteiger charge is -2.32. The van der Waals surface area contributed by atoms with Crippen LogP contribution in [0, 0.1) is 0 Å². The number of hydrogen-bond acceptors (Lipinski definition) is 5. The number of nitrogens with zero attached hydrogens (tertiary/aromatic N) is 3. The average Bonchev–Trinajstić information content (AvgIpc) is 2.78. The third kappa shape index (κ3) is 5.03. The Morgan fingerprint density at radius 1 is 1.00 bits per heavy atom. The van der Waals surface area contributed by atoms with Gasteiger partial charge in [-0.2, -0.15) is 0 Å². The minimum atomic E-state index is -0.00399. The van der Waals surface area contributed by atoms with Crippen LogP contribution in [-0.2, 0) is 4.79 Å². The van der Waals surface area contributed by atoms with Gasteiger partial charge in [0.15, 0.2) is 0 Å². The summed E-state index contributed by atoms with van der Waals surface area (Å²) in [6.45, 7) is 5.56. The molecule has 158 valence electrons. The molecule has 6 nitrogen and oxygen atoms in total. The Morgan fingerprint density at radius 3 is 2.53 bits per heavy atom. The van der Waals surface area contributed by atoms with E-state index >= 15 is 0 Å². The number of fused-ring (bicyclic) bond motifs is 1. The molecule has 2 amide bonds. The zero-order chi connectivity index (χ0) is 20.9. The van der Waals surface area contributed by atoms with Gasteiger partial charge in [0.25, 0.3) is 5.91 Å². The zero-order valence-electron chi connectivity index (χ0n) is 17.3. The average molecular weight is 425 g/mol. The Labute approximate surface area is 182 Å². The molecule has 1 fully saturated rings. The smallest absolute Gasteiger partial charge is 0.258 e. The summed E-state index contributed by atoms with van der Waals surface area (Å²) >= 11 is 1.74. The first-order chi connectivity index (χ1) is 14.6.